The Morgan fingerprint density at radius 3 is 1.36 bits per heavy atom. The fourth-order valence-corrected chi connectivity index (χ4v) is 2.38. The van der Waals surface area contributed by atoms with Crippen molar-refractivity contribution in [2.75, 3.05) is 0 Å². The van der Waals surface area contributed by atoms with E-state index in [1.54, 1.807) is 0 Å². The Balaban J connectivity index is 0.000000187. The van der Waals surface area contributed by atoms with E-state index >= 15 is 0 Å². The average molecular weight is 204 g/mol. The molecule has 60 valence electrons. The Morgan fingerprint density at radius 2 is 1.27 bits per heavy atom. The second-order valence-electron chi connectivity index (χ2n) is 2.77. The van der Waals surface area contributed by atoms with Gasteiger partial charge in [-0.3, -0.25) is 0 Å². The molecule has 0 amide bonds. The van der Waals surface area contributed by atoms with Gasteiger partial charge < -0.3 is 0 Å². The van der Waals surface area contributed by atoms with E-state index in [1.807, 2.05) is 0 Å². The van der Waals surface area contributed by atoms with Crippen LogP contribution in [0.4, 0.5) is 0 Å². The summed E-state index contributed by atoms with van der Waals surface area (Å²) in [7, 11) is 0. The van der Waals surface area contributed by atoms with Crippen molar-refractivity contribution >= 4 is 0 Å². The molecule has 1 aliphatic rings. The van der Waals surface area contributed by atoms with Gasteiger partial charge in [0, 0.05) is 0 Å². The molecule has 0 aromatic carbocycles. The van der Waals surface area contributed by atoms with Crippen LogP contribution in [-0.4, -0.2) is 0 Å². The number of hydrogen-bond acceptors (Lipinski definition) is 0. The summed E-state index contributed by atoms with van der Waals surface area (Å²) in [6, 6.07) is 0. The topological polar surface area (TPSA) is 0 Å². The van der Waals surface area contributed by atoms with Crippen LogP contribution >= 0.6 is 0 Å². The number of rotatable bonds is 2. The molecule has 0 unspecified atom stereocenters. The van der Waals surface area contributed by atoms with Gasteiger partial charge in [-0.15, -0.1) is 0 Å². The van der Waals surface area contributed by atoms with Crippen LogP contribution < -0.4 is 0 Å². The maximum absolute atomic E-state index is 2.30. The van der Waals surface area contributed by atoms with Gasteiger partial charge in [0.1, 0.15) is 0 Å². The molecule has 0 aromatic rings. The summed E-state index contributed by atoms with van der Waals surface area (Å²) >= 11 is 0.0972. The first-order chi connectivity index (χ1) is 5.41. The van der Waals surface area contributed by atoms with E-state index in [0.717, 1.165) is 12.8 Å². The molecule has 0 heterocycles. The Morgan fingerprint density at radius 1 is 0.909 bits per heavy atom. The van der Waals surface area contributed by atoms with Gasteiger partial charge in [0.2, 0.25) is 0 Å². The van der Waals surface area contributed by atoms with E-state index in [1.165, 1.54) is 10.0 Å². The molecular formula is C10H18Zn. The van der Waals surface area contributed by atoms with Crippen molar-refractivity contribution in [2.24, 2.45) is 0 Å². The van der Waals surface area contributed by atoms with Crippen molar-refractivity contribution in [3.05, 3.63) is 24.3 Å². The molecule has 0 bridgehead atoms. The molecule has 0 atom stereocenters. The minimum absolute atomic E-state index is 0.0972. The zero-order chi connectivity index (χ0) is 8.36. The summed E-state index contributed by atoms with van der Waals surface area (Å²) < 4.78 is 0. The van der Waals surface area contributed by atoms with Crippen LogP contribution in [0.5, 0.6) is 0 Å². The zero-order valence-electron chi connectivity index (χ0n) is 7.84. The van der Waals surface area contributed by atoms with Crippen molar-refractivity contribution < 1.29 is 17.1 Å². The van der Waals surface area contributed by atoms with Crippen LogP contribution in [0.2, 0.25) is 10.0 Å². The van der Waals surface area contributed by atoms with Crippen LogP contribution in [0.1, 0.15) is 26.7 Å². The number of allylic oxidation sites excluding steroid dienone is 4. The molecule has 1 aliphatic carbocycles. The molecule has 0 fully saturated rings. The molecule has 0 saturated carbocycles. The first-order valence-corrected chi connectivity index (χ1v) is 8.91. The van der Waals surface area contributed by atoms with Crippen LogP contribution in [0, 0.1) is 0 Å². The van der Waals surface area contributed by atoms with Gasteiger partial charge in [0.15, 0.2) is 0 Å². The van der Waals surface area contributed by atoms with Crippen LogP contribution in [-0.2, 0) is 17.1 Å². The van der Waals surface area contributed by atoms with Crippen molar-refractivity contribution in [3.8, 4) is 0 Å². The fraction of sp³-hybridized carbons (Fsp3) is 0.600. The van der Waals surface area contributed by atoms with E-state index in [-0.39, 0.29) is 17.1 Å². The molecule has 0 saturated heterocycles. The van der Waals surface area contributed by atoms with E-state index in [9.17, 15) is 0 Å². The van der Waals surface area contributed by atoms with E-state index in [4.69, 9.17) is 0 Å². The summed E-state index contributed by atoms with van der Waals surface area (Å²) in [6.45, 7) is 4.59. The average Bonchev–Trinajstić information content (AvgIpc) is 2.10. The van der Waals surface area contributed by atoms with Gasteiger partial charge in [-0.05, 0) is 12.8 Å². The molecule has 1 rings (SSSR count). The Labute approximate surface area is 78.4 Å². The van der Waals surface area contributed by atoms with Crippen LogP contribution in [0.3, 0.4) is 0 Å². The van der Waals surface area contributed by atoms with Gasteiger partial charge in [-0.2, -0.15) is 0 Å². The molecule has 0 nitrogen and oxygen atoms in total. The van der Waals surface area contributed by atoms with E-state index < -0.39 is 0 Å². The van der Waals surface area contributed by atoms with Crippen molar-refractivity contribution in [3.63, 3.8) is 0 Å². The standard InChI is InChI=1S/C6H8.2C2H5.Zn/c1-2-4-6-5-3-1;2*1-2;/h1-2,5-6H,3-4H2;2*1H2,2H3;. The fourth-order valence-electron chi connectivity index (χ4n) is 0.896. The summed E-state index contributed by atoms with van der Waals surface area (Å²) in [5.74, 6) is 0. The van der Waals surface area contributed by atoms with Gasteiger partial charge in [-0.1, -0.05) is 24.3 Å². The first-order valence-electron chi connectivity index (χ1n) is 4.71. The summed E-state index contributed by atoms with van der Waals surface area (Å²) in [5, 5.41) is 3.06. The Hall–Kier alpha value is 0.103. The van der Waals surface area contributed by atoms with Gasteiger partial charge in [-0.25, -0.2) is 0 Å². The molecular weight excluding hydrogens is 185 g/mol. The van der Waals surface area contributed by atoms with Gasteiger partial charge in [0.25, 0.3) is 0 Å². The summed E-state index contributed by atoms with van der Waals surface area (Å²) in [5.41, 5.74) is 0. The summed E-state index contributed by atoms with van der Waals surface area (Å²) in [6.07, 6.45) is 11.0. The molecule has 0 N–H and O–H groups in total. The Bertz CT molecular complexity index is 92.0. The number of hydrogen-bond donors (Lipinski definition) is 0. The third-order valence-corrected chi connectivity index (χ3v) is 4.55. The predicted octanol–water partition coefficient (Wildman–Crippen LogP) is 3.84. The third-order valence-electron chi connectivity index (χ3n) is 1.58. The van der Waals surface area contributed by atoms with Gasteiger partial charge in [0.05, 0.1) is 0 Å². The quantitative estimate of drug-likeness (QED) is 0.473. The minimum atomic E-state index is 0.0972. The van der Waals surface area contributed by atoms with Crippen molar-refractivity contribution in [1.82, 2.24) is 0 Å². The normalized spacial score (nSPS) is 13.3. The molecule has 0 aliphatic heterocycles. The monoisotopic (exact) mass is 202 g/mol. The molecule has 11 heavy (non-hydrogen) atoms. The maximum atomic E-state index is 2.30. The third kappa shape index (κ3) is 10.1. The molecule has 0 aromatic heterocycles. The van der Waals surface area contributed by atoms with E-state index in [0.29, 0.717) is 0 Å². The molecule has 1 heteroatoms. The van der Waals surface area contributed by atoms with Crippen LogP contribution in [0.25, 0.3) is 0 Å². The second-order valence-corrected chi connectivity index (χ2v) is 8.45. The molecule has 0 spiro atoms. The SMILES string of the molecule is C1=CCC=CC1.C[CH2][Zn][CH2]C. The zero-order valence-corrected chi connectivity index (χ0v) is 10.8. The summed E-state index contributed by atoms with van der Waals surface area (Å²) in [4.78, 5) is 0. The van der Waals surface area contributed by atoms with Crippen molar-refractivity contribution in [1.29, 1.82) is 0 Å². The predicted molar refractivity (Wildman–Crippen MR) is 48.5 cm³/mol. The molecule has 0 radical (unpaired) electrons. The van der Waals surface area contributed by atoms with Gasteiger partial charge >= 0.3 is 41.0 Å². The van der Waals surface area contributed by atoms with E-state index in [2.05, 4.69) is 38.2 Å². The van der Waals surface area contributed by atoms with Crippen LogP contribution in [0.15, 0.2) is 24.3 Å². The van der Waals surface area contributed by atoms with Crippen molar-refractivity contribution in [2.45, 2.75) is 36.7 Å². The Kier molecular flexibility index (Phi) is 10.2. The second kappa shape index (κ2) is 10.1. The first kappa shape index (κ1) is 11.1.